The highest BCUT2D eigenvalue weighted by molar-refractivity contribution is 7.99. The molecule has 0 aromatic heterocycles. The van der Waals surface area contributed by atoms with Crippen LogP contribution < -0.4 is 0 Å². The summed E-state index contributed by atoms with van der Waals surface area (Å²) < 4.78 is 0. The number of rotatable bonds is 6. The van der Waals surface area contributed by atoms with Gasteiger partial charge in [0.15, 0.2) is 0 Å². The molecule has 0 heterocycles. The molecule has 0 bridgehead atoms. The molecular weight excluding hydrogens is 336 g/mol. The van der Waals surface area contributed by atoms with Crippen molar-refractivity contribution in [2.45, 2.75) is 55.4 Å². The summed E-state index contributed by atoms with van der Waals surface area (Å²) in [6.07, 6.45) is 7.12. The third kappa shape index (κ3) is 5.02. The van der Waals surface area contributed by atoms with Gasteiger partial charge in [-0.1, -0.05) is 55.1 Å². The van der Waals surface area contributed by atoms with E-state index >= 15 is 0 Å². The maximum atomic E-state index is 10.4. The fourth-order valence-electron chi connectivity index (χ4n) is 3.41. The third-order valence-electron chi connectivity index (χ3n) is 4.87. The Morgan fingerprint density at radius 3 is 2.29 bits per heavy atom. The molecule has 1 unspecified atom stereocenters. The number of benzene rings is 2. The van der Waals surface area contributed by atoms with Gasteiger partial charge in [0, 0.05) is 15.7 Å². The lowest BCUT2D eigenvalue weighted by atomic mass is 9.84. The summed E-state index contributed by atoms with van der Waals surface area (Å²) in [6.45, 7) is 0. The molecule has 0 saturated heterocycles. The van der Waals surface area contributed by atoms with Crippen LogP contribution >= 0.6 is 23.4 Å². The van der Waals surface area contributed by atoms with Crippen LogP contribution in [0.15, 0.2) is 53.4 Å². The largest absolute Gasteiger partial charge is 0.388 e. The standard InChI is InChI=1S/C21H25ClOS/c22-19-10-12-20(13-11-19)24-15-14-21(23)18-8-6-17(7-9-18)16-4-2-1-3-5-16/h6-13,16,21,23H,1-5,14-15H2. The Labute approximate surface area is 154 Å². The lowest BCUT2D eigenvalue weighted by Gasteiger charge is -2.22. The van der Waals surface area contributed by atoms with Gasteiger partial charge in [0.1, 0.15) is 0 Å². The van der Waals surface area contributed by atoms with E-state index in [-0.39, 0.29) is 6.10 Å². The van der Waals surface area contributed by atoms with Crippen LogP contribution in [0.1, 0.15) is 61.7 Å². The van der Waals surface area contributed by atoms with Gasteiger partial charge in [-0.2, -0.15) is 0 Å². The molecule has 0 spiro atoms. The highest BCUT2D eigenvalue weighted by Crippen LogP contribution is 2.33. The number of thioether (sulfide) groups is 1. The fourth-order valence-corrected chi connectivity index (χ4v) is 4.44. The highest BCUT2D eigenvalue weighted by atomic mass is 35.5. The molecule has 1 aliphatic rings. The molecule has 1 fully saturated rings. The quantitative estimate of drug-likeness (QED) is 0.585. The van der Waals surface area contributed by atoms with Gasteiger partial charge in [0.2, 0.25) is 0 Å². The smallest absolute Gasteiger partial charge is 0.0798 e. The van der Waals surface area contributed by atoms with Crippen LogP contribution in [0.3, 0.4) is 0 Å². The first-order valence-electron chi connectivity index (χ1n) is 8.88. The van der Waals surface area contributed by atoms with Gasteiger partial charge in [-0.15, -0.1) is 11.8 Å². The number of halogens is 1. The van der Waals surface area contributed by atoms with Crippen LogP contribution in [-0.4, -0.2) is 10.9 Å². The molecule has 3 heteroatoms. The van der Waals surface area contributed by atoms with Crippen LogP contribution in [0.5, 0.6) is 0 Å². The van der Waals surface area contributed by atoms with E-state index in [9.17, 15) is 5.11 Å². The van der Waals surface area contributed by atoms with Crippen molar-refractivity contribution in [3.63, 3.8) is 0 Å². The summed E-state index contributed by atoms with van der Waals surface area (Å²) in [7, 11) is 0. The predicted molar refractivity (Wildman–Crippen MR) is 104 cm³/mol. The Bertz CT molecular complexity index is 617. The second-order valence-electron chi connectivity index (χ2n) is 6.61. The van der Waals surface area contributed by atoms with Crippen LogP contribution in [0, 0.1) is 0 Å². The maximum Gasteiger partial charge on any atom is 0.0798 e. The van der Waals surface area contributed by atoms with E-state index in [1.165, 1.54) is 42.6 Å². The Balaban J connectivity index is 1.49. The lowest BCUT2D eigenvalue weighted by Crippen LogP contribution is -2.05. The van der Waals surface area contributed by atoms with Gasteiger partial charge < -0.3 is 5.11 Å². The van der Waals surface area contributed by atoms with E-state index in [1.807, 2.05) is 24.3 Å². The second kappa shape index (κ2) is 8.94. The van der Waals surface area contributed by atoms with Crippen molar-refractivity contribution in [1.82, 2.24) is 0 Å². The van der Waals surface area contributed by atoms with E-state index in [4.69, 9.17) is 11.6 Å². The molecule has 0 amide bonds. The maximum absolute atomic E-state index is 10.4. The summed E-state index contributed by atoms with van der Waals surface area (Å²) in [5.41, 5.74) is 2.48. The fraction of sp³-hybridized carbons (Fsp3) is 0.429. The van der Waals surface area contributed by atoms with Crippen molar-refractivity contribution in [2.75, 3.05) is 5.75 Å². The minimum absolute atomic E-state index is 0.384. The average Bonchev–Trinajstić information content (AvgIpc) is 2.64. The van der Waals surface area contributed by atoms with Crippen LogP contribution in [0.4, 0.5) is 0 Å². The van der Waals surface area contributed by atoms with Gasteiger partial charge in [-0.25, -0.2) is 0 Å². The number of hydrogen-bond donors (Lipinski definition) is 1. The molecule has 24 heavy (non-hydrogen) atoms. The number of aliphatic hydroxyl groups is 1. The molecule has 1 atom stereocenters. The molecule has 2 aromatic rings. The van der Waals surface area contributed by atoms with Gasteiger partial charge in [-0.3, -0.25) is 0 Å². The predicted octanol–water partition coefficient (Wildman–Crippen LogP) is 6.60. The summed E-state index contributed by atoms with van der Waals surface area (Å²) in [5.74, 6) is 1.62. The van der Waals surface area contributed by atoms with E-state index in [1.54, 1.807) is 11.8 Å². The van der Waals surface area contributed by atoms with Crippen molar-refractivity contribution in [3.05, 3.63) is 64.7 Å². The lowest BCUT2D eigenvalue weighted by molar-refractivity contribution is 0.175. The first kappa shape index (κ1) is 17.8. The Kier molecular flexibility index (Phi) is 6.65. The molecule has 1 saturated carbocycles. The first-order valence-corrected chi connectivity index (χ1v) is 10.2. The highest BCUT2D eigenvalue weighted by Gasteiger charge is 2.16. The van der Waals surface area contributed by atoms with Crippen LogP contribution in [-0.2, 0) is 0 Å². The normalized spacial score (nSPS) is 16.9. The number of hydrogen-bond acceptors (Lipinski definition) is 2. The van der Waals surface area contributed by atoms with Crippen molar-refractivity contribution in [1.29, 1.82) is 0 Å². The van der Waals surface area contributed by atoms with E-state index in [2.05, 4.69) is 24.3 Å². The zero-order valence-electron chi connectivity index (χ0n) is 14.0. The van der Waals surface area contributed by atoms with Crippen molar-refractivity contribution in [3.8, 4) is 0 Å². The second-order valence-corrected chi connectivity index (χ2v) is 8.21. The van der Waals surface area contributed by atoms with Crippen LogP contribution in [0.25, 0.3) is 0 Å². The zero-order chi connectivity index (χ0) is 16.8. The monoisotopic (exact) mass is 360 g/mol. The Morgan fingerprint density at radius 2 is 1.62 bits per heavy atom. The molecule has 3 rings (SSSR count). The Morgan fingerprint density at radius 1 is 0.958 bits per heavy atom. The van der Waals surface area contributed by atoms with Crippen molar-refractivity contribution < 1.29 is 5.11 Å². The summed E-state index contributed by atoms with van der Waals surface area (Å²) in [4.78, 5) is 1.19. The molecular formula is C21H25ClOS. The van der Waals surface area contributed by atoms with Crippen molar-refractivity contribution in [2.24, 2.45) is 0 Å². The average molecular weight is 361 g/mol. The molecule has 1 aliphatic carbocycles. The summed E-state index contributed by atoms with van der Waals surface area (Å²) in [6, 6.07) is 16.5. The van der Waals surface area contributed by atoms with E-state index < -0.39 is 0 Å². The molecule has 0 aliphatic heterocycles. The first-order chi connectivity index (χ1) is 11.7. The van der Waals surface area contributed by atoms with Gasteiger partial charge in [0.25, 0.3) is 0 Å². The van der Waals surface area contributed by atoms with Gasteiger partial charge >= 0.3 is 0 Å². The van der Waals surface area contributed by atoms with E-state index in [0.29, 0.717) is 0 Å². The minimum Gasteiger partial charge on any atom is -0.388 e. The molecule has 1 nitrogen and oxygen atoms in total. The molecule has 0 radical (unpaired) electrons. The minimum atomic E-state index is -0.384. The van der Waals surface area contributed by atoms with E-state index in [0.717, 1.165) is 28.7 Å². The zero-order valence-corrected chi connectivity index (χ0v) is 15.5. The van der Waals surface area contributed by atoms with Gasteiger partial charge in [-0.05, 0) is 60.6 Å². The molecule has 1 N–H and O–H groups in total. The number of aliphatic hydroxyl groups excluding tert-OH is 1. The van der Waals surface area contributed by atoms with Gasteiger partial charge in [0.05, 0.1) is 6.10 Å². The van der Waals surface area contributed by atoms with Crippen LogP contribution in [0.2, 0.25) is 5.02 Å². The SMILES string of the molecule is OC(CCSc1ccc(Cl)cc1)c1ccc(C2CCCCC2)cc1. The Hall–Kier alpha value is -0.960. The molecule has 128 valence electrons. The topological polar surface area (TPSA) is 20.2 Å². The van der Waals surface area contributed by atoms with Crippen molar-refractivity contribution >= 4 is 23.4 Å². The third-order valence-corrected chi connectivity index (χ3v) is 6.17. The molecule has 2 aromatic carbocycles. The summed E-state index contributed by atoms with van der Waals surface area (Å²) >= 11 is 7.66. The summed E-state index contributed by atoms with van der Waals surface area (Å²) in [5, 5.41) is 11.2.